The van der Waals surface area contributed by atoms with E-state index in [1.54, 1.807) is 6.20 Å². The summed E-state index contributed by atoms with van der Waals surface area (Å²) >= 11 is 5.81. The molecule has 0 saturated heterocycles. The van der Waals surface area contributed by atoms with Crippen LogP contribution in [-0.2, 0) is 0 Å². The highest BCUT2D eigenvalue weighted by Crippen LogP contribution is 2.31. The first kappa shape index (κ1) is 11.7. The third kappa shape index (κ3) is 2.86. The highest BCUT2D eigenvalue weighted by molar-refractivity contribution is 6.29. The molecular formula is C12H17ClN2O. The number of rotatable bonds is 4. The lowest BCUT2D eigenvalue weighted by molar-refractivity contribution is 0.199. The molecule has 1 saturated carbocycles. The van der Waals surface area contributed by atoms with Gasteiger partial charge in [0.2, 0.25) is 0 Å². The Morgan fingerprint density at radius 3 is 3.00 bits per heavy atom. The van der Waals surface area contributed by atoms with Gasteiger partial charge < -0.3 is 10.4 Å². The molecule has 1 fully saturated rings. The third-order valence-electron chi connectivity index (χ3n) is 3.35. The van der Waals surface area contributed by atoms with Gasteiger partial charge >= 0.3 is 0 Å². The Kier molecular flexibility index (Phi) is 4.02. The number of anilines is 1. The van der Waals surface area contributed by atoms with Crippen LogP contribution in [-0.4, -0.2) is 23.2 Å². The number of aliphatic hydroxyl groups is 1. The molecule has 2 N–H and O–H groups in total. The number of aliphatic hydroxyl groups excluding tert-OH is 1. The molecule has 1 aliphatic rings. The van der Waals surface area contributed by atoms with E-state index in [2.05, 4.69) is 10.3 Å². The standard InChI is InChI=1S/C12H17ClN2O/c13-12-6-11(4-5-14-12)15-7-9-2-1-3-10(9)8-16/h4-6,9-10,16H,1-3,7-8H2,(H,14,15). The average Bonchev–Trinajstić information content (AvgIpc) is 2.74. The van der Waals surface area contributed by atoms with E-state index in [1.165, 1.54) is 12.8 Å². The second-order valence-corrected chi connectivity index (χ2v) is 4.77. The van der Waals surface area contributed by atoms with Crippen LogP contribution in [0.3, 0.4) is 0 Å². The summed E-state index contributed by atoms with van der Waals surface area (Å²) in [6.45, 7) is 1.22. The van der Waals surface area contributed by atoms with Crippen molar-refractivity contribution in [1.29, 1.82) is 0 Å². The molecule has 1 aromatic rings. The Hall–Kier alpha value is -0.800. The van der Waals surface area contributed by atoms with Crippen LogP contribution in [0.5, 0.6) is 0 Å². The fraction of sp³-hybridized carbons (Fsp3) is 0.583. The largest absolute Gasteiger partial charge is 0.396 e. The van der Waals surface area contributed by atoms with Gasteiger partial charge in [0.05, 0.1) is 0 Å². The number of hydrogen-bond donors (Lipinski definition) is 2. The summed E-state index contributed by atoms with van der Waals surface area (Å²) in [5.74, 6) is 1.04. The van der Waals surface area contributed by atoms with E-state index in [4.69, 9.17) is 11.6 Å². The molecule has 16 heavy (non-hydrogen) atoms. The Morgan fingerprint density at radius 1 is 1.44 bits per heavy atom. The second kappa shape index (κ2) is 5.51. The minimum Gasteiger partial charge on any atom is -0.396 e. The lowest BCUT2D eigenvalue weighted by atomic mass is 9.97. The fourth-order valence-corrected chi connectivity index (χ4v) is 2.56. The van der Waals surface area contributed by atoms with E-state index in [-0.39, 0.29) is 0 Å². The number of pyridine rings is 1. The molecule has 2 rings (SSSR count). The zero-order valence-electron chi connectivity index (χ0n) is 9.19. The maximum Gasteiger partial charge on any atom is 0.131 e. The highest BCUT2D eigenvalue weighted by atomic mass is 35.5. The number of nitrogens with one attached hydrogen (secondary N) is 1. The summed E-state index contributed by atoms with van der Waals surface area (Å²) in [6.07, 6.45) is 5.29. The van der Waals surface area contributed by atoms with Gasteiger partial charge in [-0.2, -0.15) is 0 Å². The summed E-state index contributed by atoms with van der Waals surface area (Å²) in [6, 6.07) is 3.74. The van der Waals surface area contributed by atoms with Crippen LogP contribution in [0, 0.1) is 11.8 Å². The zero-order chi connectivity index (χ0) is 11.4. The lowest BCUT2D eigenvalue weighted by Gasteiger charge is -2.18. The number of hydrogen-bond acceptors (Lipinski definition) is 3. The molecule has 2 unspecified atom stereocenters. The van der Waals surface area contributed by atoms with Crippen LogP contribution in [0.25, 0.3) is 0 Å². The summed E-state index contributed by atoms with van der Waals surface area (Å²) in [7, 11) is 0. The number of aromatic nitrogens is 1. The number of halogens is 1. The molecule has 0 aliphatic heterocycles. The smallest absolute Gasteiger partial charge is 0.131 e. The quantitative estimate of drug-likeness (QED) is 0.796. The van der Waals surface area contributed by atoms with Gasteiger partial charge in [-0.3, -0.25) is 0 Å². The molecule has 1 aromatic heterocycles. The molecule has 2 atom stereocenters. The Bertz CT molecular complexity index is 346. The average molecular weight is 241 g/mol. The van der Waals surface area contributed by atoms with Crippen LogP contribution in [0.15, 0.2) is 18.3 Å². The fourth-order valence-electron chi connectivity index (χ4n) is 2.38. The van der Waals surface area contributed by atoms with Gasteiger partial charge in [-0.1, -0.05) is 18.0 Å². The van der Waals surface area contributed by atoms with Crippen molar-refractivity contribution in [3.63, 3.8) is 0 Å². The number of nitrogens with zero attached hydrogens (tertiary/aromatic N) is 1. The molecular weight excluding hydrogens is 224 g/mol. The molecule has 0 bridgehead atoms. The maximum atomic E-state index is 9.22. The Labute approximate surface area is 101 Å². The van der Waals surface area contributed by atoms with E-state index in [0.717, 1.165) is 18.7 Å². The SMILES string of the molecule is OCC1CCCC1CNc1ccnc(Cl)c1. The van der Waals surface area contributed by atoms with Gasteiger partial charge in [0.25, 0.3) is 0 Å². The first-order valence-electron chi connectivity index (χ1n) is 5.76. The molecule has 0 spiro atoms. The van der Waals surface area contributed by atoms with Gasteiger partial charge in [0, 0.05) is 25.0 Å². The van der Waals surface area contributed by atoms with Crippen molar-refractivity contribution in [2.75, 3.05) is 18.5 Å². The Morgan fingerprint density at radius 2 is 2.25 bits per heavy atom. The minimum atomic E-state index is 0.309. The molecule has 0 radical (unpaired) electrons. The predicted molar refractivity (Wildman–Crippen MR) is 65.7 cm³/mol. The first-order chi connectivity index (χ1) is 7.79. The summed E-state index contributed by atoms with van der Waals surface area (Å²) in [5, 5.41) is 13.1. The van der Waals surface area contributed by atoms with Crippen molar-refractivity contribution in [3.8, 4) is 0 Å². The van der Waals surface area contributed by atoms with Crippen molar-refractivity contribution in [3.05, 3.63) is 23.5 Å². The van der Waals surface area contributed by atoms with E-state index >= 15 is 0 Å². The normalized spacial score (nSPS) is 24.6. The van der Waals surface area contributed by atoms with Gasteiger partial charge in [0.1, 0.15) is 5.15 Å². The summed E-state index contributed by atoms with van der Waals surface area (Å²) in [5.41, 5.74) is 1.00. The zero-order valence-corrected chi connectivity index (χ0v) is 9.95. The monoisotopic (exact) mass is 240 g/mol. The molecule has 1 aliphatic carbocycles. The van der Waals surface area contributed by atoms with Crippen molar-refractivity contribution in [1.82, 2.24) is 4.98 Å². The van der Waals surface area contributed by atoms with E-state index in [1.807, 2.05) is 12.1 Å². The highest BCUT2D eigenvalue weighted by Gasteiger charge is 2.26. The van der Waals surface area contributed by atoms with Crippen LogP contribution < -0.4 is 5.32 Å². The lowest BCUT2D eigenvalue weighted by Crippen LogP contribution is -2.20. The third-order valence-corrected chi connectivity index (χ3v) is 3.55. The van der Waals surface area contributed by atoms with Crippen LogP contribution in [0.1, 0.15) is 19.3 Å². The Balaban J connectivity index is 1.87. The molecule has 4 heteroatoms. The topological polar surface area (TPSA) is 45.1 Å². The summed E-state index contributed by atoms with van der Waals surface area (Å²) < 4.78 is 0. The molecule has 0 amide bonds. The molecule has 0 aromatic carbocycles. The van der Waals surface area contributed by atoms with Gasteiger partial charge in [0.15, 0.2) is 0 Å². The predicted octanol–water partition coefficient (Wildman–Crippen LogP) is 2.56. The van der Waals surface area contributed by atoms with E-state index < -0.39 is 0 Å². The van der Waals surface area contributed by atoms with Gasteiger partial charge in [-0.15, -0.1) is 0 Å². The first-order valence-corrected chi connectivity index (χ1v) is 6.13. The molecule has 3 nitrogen and oxygen atoms in total. The minimum absolute atomic E-state index is 0.309. The summed E-state index contributed by atoms with van der Waals surface area (Å²) in [4.78, 5) is 3.94. The van der Waals surface area contributed by atoms with Crippen LogP contribution >= 0.6 is 11.6 Å². The van der Waals surface area contributed by atoms with Gasteiger partial charge in [-0.05, 0) is 36.8 Å². The van der Waals surface area contributed by atoms with Crippen LogP contribution in [0.2, 0.25) is 5.15 Å². The maximum absolute atomic E-state index is 9.22. The van der Waals surface area contributed by atoms with Crippen molar-refractivity contribution in [2.24, 2.45) is 11.8 Å². The van der Waals surface area contributed by atoms with E-state index in [0.29, 0.717) is 23.6 Å². The second-order valence-electron chi connectivity index (χ2n) is 4.38. The van der Waals surface area contributed by atoms with Crippen LogP contribution in [0.4, 0.5) is 5.69 Å². The van der Waals surface area contributed by atoms with E-state index in [9.17, 15) is 5.11 Å². The van der Waals surface area contributed by atoms with Gasteiger partial charge in [-0.25, -0.2) is 4.98 Å². The molecule has 1 heterocycles. The van der Waals surface area contributed by atoms with Crippen molar-refractivity contribution < 1.29 is 5.11 Å². The van der Waals surface area contributed by atoms with Crippen molar-refractivity contribution >= 4 is 17.3 Å². The molecule has 88 valence electrons. The van der Waals surface area contributed by atoms with Crippen molar-refractivity contribution in [2.45, 2.75) is 19.3 Å².